The molecule has 1 heterocycles. The molecule has 0 saturated carbocycles. The van der Waals surface area contributed by atoms with E-state index < -0.39 is 0 Å². The van der Waals surface area contributed by atoms with E-state index >= 15 is 0 Å². The molecule has 0 saturated heterocycles. The van der Waals surface area contributed by atoms with Crippen molar-refractivity contribution in [3.05, 3.63) is 71.9 Å². The summed E-state index contributed by atoms with van der Waals surface area (Å²) in [6, 6.07) is 17.2. The van der Waals surface area contributed by atoms with Crippen LogP contribution < -0.4 is 18.9 Å². The van der Waals surface area contributed by atoms with Gasteiger partial charge in [0.1, 0.15) is 17.2 Å². The van der Waals surface area contributed by atoms with E-state index in [1.54, 1.807) is 37.4 Å². The van der Waals surface area contributed by atoms with Crippen LogP contribution in [0.4, 0.5) is 0 Å². The Labute approximate surface area is 191 Å². The van der Waals surface area contributed by atoms with E-state index in [1.165, 1.54) is 21.3 Å². The highest BCUT2D eigenvalue weighted by molar-refractivity contribution is 6.10. The highest BCUT2D eigenvalue weighted by Crippen LogP contribution is 2.40. The molecule has 1 aromatic heterocycles. The molecule has 3 aromatic carbocycles. The van der Waals surface area contributed by atoms with Crippen molar-refractivity contribution in [3.8, 4) is 39.9 Å². The number of phenols is 1. The molecule has 4 rings (SSSR count). The molecule has 7 nitrogen and oxygen atoms in total. The molecule has 0 atom stereocenters. The van der Waals surface area contributed by atoms with Gasteiger partial charge >= 0.3 is 0 Å². The van der Waals surface area contributed by atoms with E-state index in [0.717, 1.165) is 16.5 Å². The molecule has 1 N–H and O–H groups in total. The molecule has 0 unspecified atom stereocenters. The molecule has 4 aromatic rings. The normalized spacial score (nSPS) is 10.7. The van der Waals surface area contributed by atoms with Crippen LogP contribution in [0.1, 0.15) is 16.1 Å². The highest BCUT2D eigenvalue weighted by Gasteiger charge is 2.20. The lowest BCUT2D eigenvalue weighted by Gasteiger charge is -2.14. The molecule has 0 aliphatic carbocycles. The quantitative estimate of drug-likeness (QED) is 0.406. The highest BCUT2D eigenvalue weighted by atomic mass is 16.5. The number of hydrogen-bond donors (Lipinski definition) is 1. The molecule has 168 valence electrons. The number of methoxy groups -OCH3 is 4. The second-order valence-corrected chi connectivity index (χ2v) is 7.20. The smallest absolute Gasteiger partial charge is 0.211 e. The number of phenolic OH excluding ortho intramolecular Hbond substituents is 1. The van der Waals surface area contributed by atoms with Crippen LogP contribution in [0.3, 0.4) is 0 Å². The largest absolute Gasteiger partial charge is 0.508 e. The summed E-state index contributed by atoms with van der Waals surface area (Å²) in [5.41, 5.74) is 2.97. The van der Waals surface area contributed by atoms with Gasteiger partial charge in [-0.2, -0.15) is 0 Å². The Morgan fingerprint density at radius 3 is 1.97 bits per heavy atom. The monoisotopic (exact) mass is 445 g/mol. The summed E-state index contributed by atoms with van der Waals surface area (Å²) < 4.78 is 21.6. The SMILES string of the molecule is COc1cc(C(=O)c2ccc3c(-c4ccc(O)cc4)c(OC)ccc3n2)cc(OC)c1OC. The topological polar surface area (TPSA) is 87.1 Å². The van der Waals surface area contributed by atoms with Crippen molar-refractivity contribution >= 4 is 16.7 Å². The minimum atomic E-state index is -0.279. The van der Waals surface area contributed by atoms with Gasteiger partial charge in [-0.3, -0.25) is 4.79 Å². The lowest BCUT2D eigenvalue weighted by Crippen LogP contribution is -2.06. The molecule has 0 fully saturated rings. The molecule has 0 spiro atoms. The lowest BCUT2D eigenvalue weighted by molar-refractivity contribution is 0.103. The maximum Gasteiger partial charge on any atom is 0.211 e. The molecule has 0 amide bonds. The fraction of sp³-hybridized carbons (Fsp3) is 0.154. The minimum absolute atomic E-state index is 0.175. The fourth-order valence-electron chi connectivity index (χ4n) is 3.77. The van der Waals surface area contributed by atoms with E-state index in [0.29, 0.717) is 34.1 Å². The van der Waals surface area contributed by atoms with Crippen LogP contribution >= 0.6 is 0 Å². The minimum Gasteiger partial charge on any atom is -0.508 e. The summed E-state index contributed by atoms with van der Waals surface area (Å²) in [7, 11) is 6.10. The van der Waals surface area contributed by atoms with Crippen LogP contribution in [0, 0.1) is 0 Å². The summed E-state index contributed by atoms with van der Waals surface area (Å²) in [4.78, 5) is 17.9. The predicted octanol–water partition coefficient (Wildman–Crippen LogP) is 4.87. The summed E-state index contributed by atoms with van der Waals surface area (Å²) in [5.74, 6) is 1.75. The Hall–Kier alpha value is -4.26. The number of hydrogen-bond acceptors (Lipinski definition) is 7. The second kappa shape index (κ2) is 9.08. The number of pyridine rings is 1. The van der Waals surface area contributed by atoms with Crippen LogP contribution in [0.5, 0.6) is 28.7 Å². The average molecular weight is 445 g/mol. The molecular weight excluding hydrogens is 422 g/mol. The van der Waals surface area contributed by atoms with Crippen LogP contribution in [0.2, 0.25) is 0 Å². The van der Waals surface area contributed by atoms with Gasteiger partial charge < -0.3 is 24.1 Å². The van der Waals surface area contributed by atoms with Gasteiger partial charge in [-0.1, -0.05) is 12.1 Å². The molecule has 0 aliphatic heterocycles. The zero-order chi connectivity index (χ0) is 23.5. The Morgan fingerprint density at radius 1 is 0.758 bits per heavy atom. The predicted molar refractivity (Wildman–Crippen MR) is 125 cm³/mol. The van der Waals surface area contributed by atoms with E-state index in [4.69, 9.17) is 18.9 Å². The number of ketones is 1. The number of nitrogens with zero attached hydrogens (tertiary/aromatic N) is 1. The van der Waals surface area contributed by atoms with Gasteiger partial charge in [0, 0.05) is 16.5 Å². The first-order valence-corrected chi connectivity index (χ1v) is 10.1. The number of benzene rings is 3. The molecule has 7 heteroatoms. The molecule has 0 radical (unpaired) electrons. The zero-order valence-corrected chi connectivity index (χ0v) is 18.7. The van der Waals surface area contributed by atoms with Gasteiger partial charge in [0.25, 0.3) is 0 Å². The summed E-state index contributed by atoms with van der Waals surface area (Å²) in [6.45, 7) is 0. The van der Waals surface area contributed by atoms with Crippen molar-refractivity contribution in [1.29, 1.82) is 0 Å². The first kappa shape index (κ1) is 22.0. The van der Waals surface area contributed by atoms with Crippen molar-refractivity contribution in [1.82, 2.24) is 4.98 Å². The maximum absolute atomic E-state index is 13.3. The molecule has 0 bridgehead atoms. The lowest BCUT2D eigenvalue weighted by atomic mass is 9.98. The van der Waals surface area contributed by atoms with Crippen LogP contribution in [0.25, 0.3) is 22.0 Å². The average Bonchev–Trinajstić information content (AvgIpc) is 2.86. The molecular formula is C26H23NO6. The Kier molecular flexibility index (Phi) is 6.04. The number of ether oxygens (including phenoxy) is 4. The zero-order valence-electron chi connectivity index (χ0n) is 18.7. The van der Waals surface area contributed by atoms with Gasteiger partial charge in [-0.05, 0) is 54.1 Å². The Balaban J connectivity index is 1.82. The van der Waals surface area contributed by atoms with E-state index in [1.807, 2.05) is 30.3 Å². The van der Waals surface area contributed by atoms with Gasteiger partial charge in [0.15, 0.2) is 11.5 Å². The van der Waals surface area contributed by atoms with E-state index in [-0.39, 0.29) is 17.2 Å². The Morgan fingerprint density at radius 2 is 1.39 bits per heavy atom. The van der Waals surface area contributed by atoms with Gasteiger partial charge in [-0.25, -0.2) is 4.98 Å². The third-order valence-corrected chi connectivity index (χ3v) is 5.37. The summed E-state index contributed by atoms with van der Waals surface area (Å²) >= 11 is 0. The number of carbonyl (C=O) groups excluding carboxylic acids is 1. The summed E-state index contributed by atoms with van der Waals surface area (Å²) in [5, 5.41) is 10.5. The third kappa shape index (κ3) is 4.01. The Bertz CT molecular complexity index is 1310. The molecule has 33 heavy (non-hydrogen) atoms. The third-order valence-electron chi connectivity index (χ3n) is 5.37. The van der Waals surface area contributed by atoms with Crippen molar-refractivity contribution in [2.75, 3.05) is 28.4 Å². The standard InChI is InChI=1S/C26H23NO6/c1-30-21-12-11-19-18(24(21)15-5-7-17(28)8-6-15)9-10-20(27-19)25(29)16-13-22(31-2)26(33-4)23(14-16)32-3/h5-14,28H,1-4H3. The number of aromatic hydroxyl groups is 1. The maximum atomic E-state index is 13.3. The van der Waals surface area contributed by atoms with Gasteiger partial charge in [0.2, 0.25) is 11.5 Å². The number of rotatable bonds is 7. The van der Waals surface area contributed by atoms with E-state index in [2.05, 4.69) is 4.98 Å². The summed E-state index contributed by atoms with van der Waals surface area (Å²) in [6.07, 6.45) is 0. The van der Waals surface area contributed by atoms with Gasteiger partial charge in [-0.15, -0.1) is 0 Å². The number of carbonyl (C=O) groups is 1. The van der Waals surface area contributed by atoms with Crippen molar-refractivity contribution < 1.29 is 28.8 Å². The van der Waals surface area contributed by atoms with Crippen LogP contribution in [-0.2, 0) is 0 Å². The van der Waals surface area contributed by atoms with Crippen LogP contribution in [0.15, 0.2) is 60.7 Å². The fourth-order valence-corrected chi connectivity index (χ4v) is 3.77. The van der Waals surface area contributed by atoms with Crippen molar-refractivity contribution in [3.63, 3.8) is 0 Å². The van der Waals surface area contributed by atoms with E-state index in [9.17, 15) is 9.90 Å². The molecule has 0 aliphatic rings. The number of fused-ring (bicyclic) bond motifs is 1. The van der Waals surface area contributed by atoms with Gasteiger partial charge in [0.05, 0.1) is 34.0 Å². The first-order valence-electron chi connectivity index (χ1n) is 10.1. The first-order chi connectivity index (χ1) is 16.0. The van der Waals surface area contributed by atoms with Crippen molar-refractivity contribution in [2.45, 2.75) is 0 Å². The van der Waals surface area contributed by atoms with Crippen LogP contribution in [-0.4, -0.2) is 44.3 Å². The van der Waals surface area contributed by atoms with Crippen molar-refractivity contribution in [2.24, 2.45) is 0 Å². The second-order valence-electron chi connectivity index (χ2n) is 7.20. The number of aromatic nitrogens is 1.